The van der Waals surface area contributed by atoms with Gasteiger partial charge in [-0.1, -0.05) is 40.9 Å². The average molecular weight is 209 g/mol. The first-order valence-electron chi connectivity index (χ1n) is 4.15. The summed E-state index contributed by atoms with van der Waals surface area (Å²) in [6.07, 6.45) is 0. The largest absolute Gasteiger partial charge is 0.356 e. The number of hydrogen-bond acceptors (Lipinski definition) is 1. The van der Waals surface area contributed by atoms with Crippen molar-refractivity contribution in [2.75, 3.05) is 13.6 Å². The molecule has 1 aromatic rings. The predicted molar refractivity (Wildman–Crippen MR) is 63.6 cm³/mol. The molecule has 0 saturated carbocycles. The average Bonchev–Trinajstić information content (AvgIpc) is 2.49. The van der Waals surface area contributed by atoms with E-state index in [1.165, 1.54) is 4.90 Å². The van der Waals surface area contributed by atoms with E-state index in [1.54, 1.807) is 0 Å². The number of rotatable bonds is 1. The zero-order valence-corrected chi connectivity index (χ0v) is 9.07. The summed E-state index contributed by atoms with van der Waals surface area (Å²) in [7, 11) is 2.12. The second kappa shape index (κ2) is 3.60. The van der Waals surface area contributed by atoms with Gasteiger partial charge < -0.3 is 4.90 Å². The Bertz CT molecular complexity index is 356. The summed E-state index contributed by atoms with van der Waals surface area (Å²) in [5.74, 6) is 0. The minimum Gasteiger partial charge on any atom is -0.356 e. The zero-order valence-electron chi connectivity index (χ0n) is 7.43. The van der Waals surface area contributed by atoms with Gasteiger partial charge in [-0.15, -0.1) is 0 Å². The summed E-state index contributed by atoms with van der Waals surface area (Å²) < 4.78 is 1.06. The summed E-state index contributed by atoms with van der Waals surface area (Å²) in [5, 5.41) is 2.29. The van der Waals surface area contributed by atoms with Crippen LogP contribution < -0.4 is 0 Å². The molecule has 0 amide bonds. The molecule has 0 aliphatic carbocycles. The van der Waals surface area contributed by atoms with E-state index < -0.39 is 0 Å². The lowest BCUT2D eigenvalue weighted by Crippen LogP contribution is -2.18. The van der Waals surface area contributed by atoms with Gasteiger partial charge in [0.1, 0.15) is 4.32 Å². The van der Waals surface area contributed by atoms with Gasteiger partial charge in [0.25, 0.3) is 0 Å². The van der Waals surface area contributed by atoms with Crippen molar-refractivity contribution in [3.8, 4) is 0 Å². The lowest BCUT2D eigenvalue weighted by molar-refractivity contribution is 0.614. The third-order valence-electron chi connectivity index (χ3n) is 2.01. The third kappa shape index (κ3) is 1.67. The lowest BCUT2D eigenvalue weighted by Gasteiger charge is -2.12. The molecule has 13 heavy (non-hydrogen) atoms. The highest BCUT2D eigenvalue weighted by Gasteiger charge is 2.15. The molecule has 0 N–H and O–H groups in total. The van der Waals surface area contributed by atoms with Gasteiger partial charge in [-0.2, -0.15) is 0 Å². The van der Waals surface area contributed by atoms with Gasteiger partial charge in [-0.3, -0.25) is 0 Å². The van der Waals surface area contributed by atoms with E-state index in [4.69, 9.17) is 12.2 Å². The highest BCUT2D eigenvalue weighted by Crippen LogP contribution is 2.31. The fourth-order valence-corrected chi connectivity index (χ4v) is 3.60. The van der Waals surface area contributed by atoms with E-state index in [2.05, 4.69) is 41.6 Å². The molecule has 1 aromatic carbocycles. The van der Waals surface area contributed by atoms with Gasteiger partial charge >= 0.3 is 0 Å². The molecule has 0 spiro atoms. The van der Waals surface area contributed by atoms with Crippen molar-refractivity contribution in [1.29, 1.82) is 0 Å². The molecular formula is C10H11NS2. The van der Waals surface area contributed by atoms with Crippen molar-refractivity contribution in [2.24, 2.45) is 0 Å². The second-order valence-electron chi connectivity index (χ2n) is 2.96. The fourth-order valence-electron chi connectivity index (χ4n) is 1.26. The molecule has 3 heteroatoms. The van der Waals surface area contributed by atoms with Gasteiger partial charge in [0.2, 0.25) is 0 Å². The zero-order chi connectivity index (χ0) is 9.26. The van der Waals surface area contributed by atoms with E-state index >= 15 is 0 Å². The normalized spacial score (nSPS) is 21.8. The molecule has 0 saturated heterocycles. The molecule has 1 aliphatic heterocycles. The Balaban J connectivity index is 2.34. The second-order valence-corrected chi connectivity index (χ2v) is 5.48. The van der Waals surface area contributed by atoms with E-state index in [-0.39, 0.29) is 10.5 Å². The molecule has 2 rings (SSSR count). The molecule has 1 nitrogen and oxygen atoms in total. The molecule has 0 aromatic heterocycles. The van der Waals surface area contributed by atoms with Crippen molar-refractivity contribution in [3.63, 3.8) is 0 Å². The van der Waals surface area contributed by atoms with E-state index in [0.29, 0.717) is 0 Å². The summed E-state index contributed by atoms with van der Waals surface area (Å²) in [4.78, 5) is 3.46. The van der Waals surface area contributed by atoms with E-state index in [0.717, 1.165) is 10.9 Å². The summed E-state index contributed by atoms with van der Waals surface area (Å²) in [5.41, 5.74) is 0. The van der Waals surface area contributed by atoms with Crippen molar-refractivity contribution in [3.05, 3.63) is 30.3 Å². The Kier molecular flexibility index (Phi) is 2.47. The predicted octanol–water partition coefficient (Wildman–Crippen LogP) is 2.35. The van der Waals surface area contributed by atoms with E-state index in [9.17, 15) is 0 Å². The van der Waals surface area contributed by atoms with Crippen molar-refractivity contribution in [1.82, 2.24) is 4.90 Å². The monoisotopic (exact) mass is 209 g/mol. The Morgan fingerprint density at radius 3 is 2.54 bits per heavy atom. The maximum Gasteiger partial charge on any atom is 0.135 e. The number of thiocarbonyl (C=S) groups is 1. The van der Waals surface area contributed by atoms with Gasteiger partial charge in [0, 0.05) is 18.5 Å². The molecule has 0 bridgehead atoms. The van der Waals surface area contributed by atoms with Crippen molar-refractivity contribution >= 4 is 32.4 Å². The maximum atomic E-state index is 5.35. The van der Waals surface area contributed by atoms with Crippen LogP contribution in [0.5, 0.6) is 0 Å². The molecule has 0 radical (unpaired) electrons. The van der Waals surface area contributed by atoms with Crippen LogP contribution >= 0.6 is 22.7 Å². The van der Waals surface area contributed by atoms with Crippen LogP contribution in [0.15, 0.2) is 35.2 Å². The number of benzene rings is 1. The maximum absolute atomic E-state index is 5.35. The van der Waals surface area contributed by atoms with Crippen LogP contribution in [0.1, 0.15) is 0 Å². The van der Waals surface area contributed by atoms with E-state index in [1.807, 2.05) is 6.07 Å². The fraction of sp³-hybridized carbons (Fsp3) is 0.200. The van der Waals surface area contributed by atoms with Gasteiger partial charge in [-0.25, -0.2) is 0 Å². The lowest BCUT2D eigenvalue weighted by atomic mass is 10.4. The number of nitrogens with zero attached hydrogens (tertiary/aromatic N) is 1. The summed E-state index contributed by atoms with van der Waals surface area (Å²) in [6.45, 7) is 0.983. The van der Waals surface area contributed by atoms with Crippen LogP contribution in [0.2, 0.25) is 0 Å². The molecule has 1 aliphatic rings. The van der Waals surface area contributed by atoms with Crippen molar-refractivity contribution < 1.29 is 0 Å². The topological polar surface area (TPSA) is 3.24 Å². The molecule has 1 atom stereocenters. The van der Waals surface area contributed by atoms with Crippen molar-refractivity contribution in [2.45, 2.75) is 4.90 Å². The molecule has 1 unspecified atom stereocenters. The third-order valence-corrected chi connectivity index (χ3v) is 4.81. The summed E-state index contributed by atoms with van der Waals surface area (Å²) >= 11 is 5.35. The standard InChI is InChI=1S/C10H11NS2/c1-11-7-8-13(10(11)12)9-5-3-2-4-6-9/h2-6,8H,7H2,1H3. The van der Waals surface area contributed by atoms with Gasteiger partial charge in [0.05, 0.1) is 0 Å². The first kappa shape index (κ1) is 8.91. The Hall–Kier alpha value is -0.670. The Morgan fingerprint density at radius 1 is 1.31 bits per heavy atom. The highest BCUT2D eigenvalue weighted by atomic mass is 32.2. The number of hydrogen-bond donors (Lipinski definition) is 0. The van der Waals surface area contributed by atoms with Crippen LogP contribution in [0, 0.1) is 0 Å². The highest BCUT2D eigenvalue weighted by molar-refractivity contribution is 8.34. The Morgan fingerprint density at radius 2 is 2.00 bits per heavy atom. The first-order valence-corrected chi connectivity index (χ1v) is 5.85. The van der Waals surface area contributed by atoms with Crippen LogP contribution in [0.3, 0.4) is 0 Å². The SMILES string of the molecule is CN1CC=S(c2ccccc2)C1=S. The van der Waals surface area contributed by atoms with Gasteiger partial charge in [0.15, 0.2) is 0 Å². The Labute approximate surface area is 86.3 Å². The quantitative estimate of drug-likeness (QED) is 0.653. The minimum absolute atomic E-state index is 0.0669. The van der Waals surface area contributed by atoms with Crippen LogP contribution in [-0.2, 0) is 0 Å². The van der Waals surface area contributed by atoms with Gasteiger partial charge in [-0.05, 0) is 17.5 Å². The van der Waals surface area contributed by atoms with Crippen LogP contribution in [-0.4, -0.2) is 28.2 Å². The smallest absolute Gasteiger partial charge is 0.135 e. The first-order chi connectivity index (χ1) is 6.29. The molecule has 68 valence electrons. The molecular weight excluding hydrogens is 198 g/mol. The van der Waals surface area contributed by atoms with Crippen LogP contribution in [0.4, 0.5) is 0 Å². The molecule has 1 heterocycles. The van der Waals surface area contributed by atoms with Crippen LogP contribution in [0.25, 0.3) is 0 Å². The summed E-state index contributed by atoms with van der Waals surface area (Å²) in [6, 6.07) is 10.5. The molecule has 0 fully saturated rings. The minimum atomic E-state index is 0.0669.